The smallest absolute Gasteiger partial charge is 0.381 e. The highest BCUT2D eigenvalue weighted by molar-refractivity contribution is 6.30. The van der Waals surface area contributed by atoms with Gasteiger partial charge in [0.2, 0.25) is 0 Å². The highest BCUT2D eigenvalue weighted by Crippen LogP contribution is 2.28. The largest absolute Gasteiger partial charge is 0.408 e. The van der Waals surface area contributed by atoms with Gasteiger partial charge in [-0.25, -0.2) is 9.67 Å². The molecule has 1 saturated heterocycles. The maximum Gasteiger partial charge on any atom is 0.408 e. The Morgan fingerprint density at radius 3 is 2.87 bits per heavy atom. The third-order valence-corrected chi connectivity index (χ3v) is 3.71. The van der Waals surface area contributed by atoms with Crippen molar-refractivity contribution in [2.75, 3.05) is 13.2 Å². The van der Waals surface area contributed by atoms with Crippen LogP contribution < -0.4 is 5.56 Å². The first-order valence-corrected chi connectivity index (χ1v) is 7.19. The molecule has 1 unspecified atom stereocenters. The second kappa shape index (κ2) is 5.97. The van der Waals surface area contributed by atoms with Crippen LogP contribution in [0.5, 0.6) is 0 Å². The van der Waals surface area contributed by atoms with Crippen LogP contribution in [0.3, 0.4) is 0 Å². The molecule has 0 aliphatic carbocycles. The molecular weight excluding hydrogens is 337 g/mol. The van der Waals surface area contributed by atoms with Crippen LogP contribution in [0, 0.1) is 0 Å². The maximum absolute atomic E-state index is 12.8. The first-order valence-electron chi connectivity index (χ1n) is 6.81. The number of ether oxygens (including phenoxy) is 1. The van der Waals surface area contributed by atoms with Gasteiger partial charge in [-0.05, 0) is 12.5 Å². The molecule has 1 atom stereocenters. The summed E-state index contributed by atoms with van der Waals surface area (Å²) < 4.78 is 44.3. The van der Waals surface area contributed by atoms with Crippen molar-refractivity contribution < 1.29 is 17.9 Å². The standard InChI is InChI=1S/C13H12ClF3N4O2/c14-9-3-8(4-18-12(9)22)11-19-10(7-1-2-23-5-7)20-21(11)6-13(15,16)17/h3-4,7H,1-2,5-6H2,(H,18,22). The second-order valence-electron chi connectivity index (χ2n) is 5.19. The maximum atomic E-state index is 12.8. The highest BCUT2D eigenvalue weighted by Gasteiger charge is 2.32. The summed E-state index contributed by atoms with van der Waals surface area (Å²) in [6, 6.07) is 1.27. The number of pyridine rings is 1. The lowest BCUT2D eigenvalue weighted by molar-refractivity contribution is -0.142. The Bertz CT molecular complexity index is 765. The molecule has 10 heteroatoms. The molecule has 1 aliphatic heterocycles. The van der Waals surface area contributed by atoms with Crippen LogP contribution in [0.2, 0.25) is 5.02 Å². The number of hydrogen-bond acceptors (Lipinski definition) is 4. The number of alkyl halides is 3. The summed E-state index contributed by atoms with van der Waals surface area (Å²) in [5.41, 5.74) is -0.266. The molecule has 1 fully saturated rings. The van der Waals surface area contributed by atoms with Crippen molar-refractivity contribution in [3.63, 3.8) is 0 Å². The predicted octanol–water partition coefficient (Wildman–Crippen LogP) is 2.35. The molecule has 3 heterocycles. The number of hydrogen-bond donors (Lipinski definition) is 1. The Labute approximate surface area is 133 Å². The topological polar surface area (TPSA) is 72.8 Å². The third kappa shape index (κ3) is 3.56. The van der Waals surface area contributed by atoms with E-state index < -0.39 is 18.3 Å². The molecule has 2 aromatic heterocycles. The van der Waals surface area contributed by atoms with Gasteiger partial charge in [-0.1, -0.05) is 11.6 Å². The molecule has 0 aromatic carbocycles. The first kappa shape index (κ1) is 16.0. The van der Waals surface area contributed by atoms with Gasteiger partial charge < -0.3 is 9.72 Å². The monoisotopic (exact) mass is 348 g/mol. The van der Waals surface area contributed by atoms with Gasteiger partial charge in [-0.15, -0.1) is 0 Å². The minimum atomic E-state index is -4.45. The fourth-order valence-electron chi connectivity index (χ4n) is 2.35. The summed E-state index contributed by atoms with van der Waals surface area (Å²) in [6.07, 6.45) is -2.53. The zero-order chi connectivity index (χ0) is 16.6. The van der Waals surface area contributed by atoms with E-state index in [-0.39, 0.29) is 22.3 Å². The highest BCUT2D eigenvalue weighted by atomic mass is 35.5. The van der Waals surface area contributed by atoms with E-state index in [4.69, 9.17) is 16.3 Å². The molecule has 0 bridgehead atoms. The van der Waals surface area contributed by atoms with Crippen LogP contribution in [0.1, 0.15) is 18.2 Å². The summed E-state index contributed by atoms with van der Waals surface area (Å²) in [5.74, 6) is 0.160. The zero-order valence-corrected chi connectivity index (χ0v) is 12.5. The van der Waals surface area contributed by atoms with Gasteiger partial charge in [0.25, 0.3) is 5.56 Å². The zero-order valence-electron chi connectivity index (χ0n) is 11.7. The fraction of sp³-hybridized carbons (Fsp3) is 0.462. The number of halogens is 4. The predicted molar refractivity (Wildman–Crippen MR) is 75.3 cm³/mol. The Morgan fingerprint density at radius 2 is 2.26 bits per heavy atom. The average molecular weight is 349 g/mol. The van der Waals surface area contributed by atoms with E-state index in [1.807, 2.05) is 0 Å². The van der Waals surface area contributed by atoms with Crippen LogP contribution in [0.25, 0.3) is 11.4 Å². The Balaban J connectivity index is 2.04. The van der Waals surface area contributed by atoms with E-state index in [9.17, 15) is 18.0 Å². The van der Waals surface area contributed by atoms with Crippen LogP contribution in [0.4, 0.5) is 13.2 Å². The van der Waals surface area contributed by atoms with Crippen molar-refractivity contribution in [2.24, 2.45) is 0 Å². The van der Waals surface area contributed by atoms with Crippen molar-refractivity contribution in [1.29, 1.82) is 0 Å². The van der Waals surface area contributed by atoms with Gasteiger partial charge >= 0.3 is 6.18 Å². The molecule has 3 rings (SSSR count). The lowest BCUT2D eigenvalue weighted by Gasteiger charge is -2.09. The van der Waals surface area contributed by atoms with Crippen LogP contribution in [-0.4, -0.2) is 39.1 Å². The van der Waals surface area contributed by atoms with Crippen LogP contribution in [-0.2, 0) is 11.3 Å². The minimum absolute atomic E-state index is 0.00220. The van der Waals surface area contributed by atoms with Gasteiger partial charge in [0.15, 0.2) is 11.6 Å². The number of aromatic nitrogens is 4. The summed E-state index contributed by atoms with van der Waals surface area (Å²) in [4.78, 5) is 17.9. The first-order chi connectivity index (χ1) is 10.8. The Hall–Kier alpha value is -1.87. The molecule has 1 aliphatic rings. The van der Waals surface area contributed by atoms with Crippen LogP contribution in [0.15, 0.2) is 17.1 Å². The van der Waals surface area contributed by atoms with Crippen molar-refractivity contribution in [3.05, 3.63) is 33.5 Å². The van der Waals surface area contributed by atoms with E-state index in [2.05, 4.69) is 15.1 Å². The quantitative estimate of drug-likeness (QED) is 0.924. The molecule has 23 heavy (non-hydrogen) atoms. The molecule has 0 radical (unpaired) electrons. The summed E-state index contributed by atoms with van der Waals surface area (Å²) in [7, 11) is 0. The fourth-order valence-corrected chi connectivity index (χ4v) is 2.52. The summed E-state index contributed by atoms with van der Waals surface area (Å²) in [6.45, 7) is -0.375. The average Bonchev–Trinajstić information content (AvgIpc) is 3.09. The molecule has 0 spiro atoms. The third-order valence-electron chi connectivity index (χ3n) is 3.43. The van der Waals surface area contributed by atoms with Gasteiger partial charge in [0.05, 0.1) is 6.61 Å². The van der Waals surface area contributed by atoms with E-state index in [0.29, 0.717) is 25.5 Å². The van der Waals surface area contributed by atoms with Gasteiger partial charge in [0, 0.05) is 24.3 Å². The van der Waals surface area contributed by atoms with E-state index in [1.54, 1.807) is 0 Å². The van der Waals surface area contributed by atoms with E-state index in [1.165, 1.54) is 12.3 Å². The molecular formula is C13H12ClF3N4O2. The second-order valence-corrected chi connectivity index (χ2v) is 5.60. The van der Waals surface area contributed by atoms with Crippen molar-refractivity contribution >= 4 is 11.6 Å². The SMILES string of the molecule is O=c1[nH]cc(-c2nc(C3CCOC3)nn2CC(F)(F)F)cc1Cl. The van der Waals surface area contributed by atoms with Crippen LogP contribution >= 0.6 is 11.6 Å². The number of nitrogens with one attached hydrogen (secondary N) is 1. The molecule has 124 valence electrons. The molecule has 0 amide bonds. The van der Waals surface area contributed by atoms with Gasteiger partial charge in [0.1, 0.15) is 11.6 Å². The van der Waals surface area contributed by atoms with Gasteiger partial charge in [-0.3, -0.25) is 4.79 Å². The number of H-pyrrole nitrogens is 1. The van der Waals surface area contributed by atoms with Gasteiger partial charge in [-0.2, -0.15) is 18.3 Å². The normalized spacial score (nSPS) is 18.5. The van der Waals surface area contributed by atoms with E-state index >= 15 is 0 Å². The Kier molecular flexibility index (Phi) is 4.15. The Morgan fingerprint density at radius 1 is 1.48 bits per heavy atom. The van der Waals surface area contributed by atoms with Crippen molar-refractivity contribution in [2.45, 2.75) is 25.1 Å². The van der Waals surface area contributed by atoms with Crippen molar-refractivity contribution in [1.82, 2.24) is 19.7 Å². The summed E-state index contributed by atoms with van der Waals surface area (Å²) >= 11 is 5.74. The van der Waals surface area contributed by atoms with E-state index in [0.717, 1.165) is 4.68 Å². The molecule has 0 saturated carbocycles. The molecule has 1 N–H and O–H groups in total. The minimum Gasteiger partial charge on any atom is -0.381 e. The lowest BCUT2D eigenvalue weighted by Crippen LogP contribution is -2.20. The molecule has 2 aromatic rings. The number of nitrogens with zero attached hydrogens (tertiary/aromatic N) is 3. The molecule has 6 nitrogen and oxygen atoms in total. The lowest BCUT2D eigenvalue weighted by atomic mass is 10.1. The number of aromatic amines is 1. The van der Waals surface area contributed by atoms with Crippen molar-refractivity contribution in [3.8, 4) is 11.4 Å². The number of rotatable bonds is 3. The summed E-state index contributed by atoms with van der Waals surface area (Å²) in [5, 5.41) is 3.85.